The molecule has 0 aliphatic rings. The van der Waals surface area contributed by atoms with Gasteiger partial charge in [-0.05, 0) is 42.7 Å². The third-order valence-corrected chi connectivity index (χ3v) is 4.97. The summed E-state index contributed by atoms with van der Waals surface area (Å²) in [5.74, 6) is -0.133. The Morgan fingerprint density at radius 1 is 1.10 bits per heavy atom. The average molecular weight is 399 g/mol. The molecule has 0 fully saturated rings. The number of aromatic nitrogens is 2. The van der Waals surface area contributed by atoms with E-state index >= 15 is 0 Å². The summed E-state index contributed by atoms with van der Waals surface area (Å²) in [5.41, 5.74) is 4.29. The zero-order chi connectivity index (χ0) is 21.1. The molecule has 2 aromatic heterocycles. The SMILES string of the molecule is CCOC(=O)c1c[nH]c2c(Nc3cccc(-c4ccccc4)c3C)nccc2c1=O. The molecule has 0 unspecified atom stereocenters. The number of nitrogens with one attached hydrogen (secondary N) is 2. The summed E-state index contributed by atoms with van der Waals surface area (Å²) in [7, 11) is 0. The van der Waals surface area contributed by atoms with Gasteiger partial charge in [-0.3, -0.25) is 4.79 Å². The van der Waals surface area contributed by atoms with Gasteiger partial charge in [-0.1, -0.05) is 42.5 Å². The van der Waals surface area contributed by atoms with Gasteiger partial charge in [-0.15, -0.1) is 0 Å². The molecule has 4 aromatic rings. The van der Waals surface area contributed by atoms with Crippen molar-refractivity contribution in [2.24, 2.45) is 0 Å². The molecule has 150 valence electrons. The molecule has 0 bridgehead atoms. The molecule has 0 aliphatic heterocycles. The Balaban J connectivity index is 1.76. The summed E-state index contributed by atoms with van der Waals surface area (Å²) >= 11 is 0. The fraction of sp³-hybridized carbons (Fsp3) is 0.125. The molecule has 0 aliphatic carbocycles. The fourth-order valence-electron chi connectivity index (χ4n) is 3.44. The Morgan fingerprint density at radius 3 is 2.67 bits per heavy atom. The van der Waals surface area contributed by atoms with Gasteiger partial charge in [-0.2, -0.15) is 0 Å². The van der Waals surface area contributed by atoms with Crippen LogP contribution in [0.3, 0.4) is 0 Å². The number of carbonyl (C=O) groups is 1. The first kappa shape index (κ1) is 19.4. The summed E-state index contributed by atoms with van der Waals surface area (Å²) in [4.78, 5) is 32.2. The number of benzene rings is 2. The van der Waals surface area contributed by atoms with Gasteiger partial charge in [0.1, 0.15) is 5.56 Å². The number of fused-ring (bicyclic) bond motifs is 1. The van der Waals surface area contributed by atoms with Gasteiger partial charge in [0.25, 0.3) is 0 Å². The zero-order valence-electron chi connectivity index (χ0n) is 16.7. The van der Waals surface area contributed by atoms with E-state index in [1.165, 1.54) is 6.20 Å². The Bertz CT molecular complexity index is 1280. The third-order valence-electron chi connectivity index (χ3n) is 4.97. The zero-order valence-corrected chi connectivity index (χ0v) is 16.7. The summed E-state index contributed by atoms with van der Waals surface area (Å²) in [6.07, 6.45) is 2.92. The van der Waals surface area contributed by atoms with E-state index in [9.17, 15) is 9.59 Å². The van der Waals surface area contributed by atoms with Gasteiger partial charge < -0.3 is 15.0 Å². The normalized spacial score (nSPS) is 10.7. The van der Waals surface area contributed by atoms with Crippen LogP contribution in [0.15, 0.2) is 71.8 Å². The first-order valence-electron chi connectivity index (χ1n) is 9.69. The lowest BCUT2D eigenvalue weighted by Crippen LogP contribution is -2.18. The van der Waals surface area contributed by atoms with Crippen molar-refractivity contribution in [3.63, 3.8) is 0 Å². The standard InChI is InChI=1S/C24H21N3O3/c1-3-30-24(29)19-14-26-21-18(22(19)28)12-13-25-23(21)27-20-11-7-10-17(15(20)2)16-8-5-4-6-9-16/h4-14H,3H2,1-2H3,(H,25,27)(H,26,28). The molecule has 30 heavy (non-hydrogen) atoms. The van der Waals surface area contributed by atoms with Crippen LogP contribution in [0.25, 0.3) is 22.0 Å². The second kappa shape index (κ2) is 8.21. The highest BCUT2D eigenvalue weighted by Gasteiger charge is 2.16. The van der Waals surface area contributed by atoms with Gasteiger partial charge in [-0.25, -0.2) is 9.78 Å². The minimum atomic E-state index is -0.640. The number of anilines is 2. The van der Waals surface area contributed by atoms with Crippen LogP contribution in [0.4, 0.5) is 11.5 Å². The second-order valence-corrected chi connectivity index (χ2v) is 6.80. The number of H-pyrrole nitrogens is 1. The van der Waals surface area contributed by atoms with E-state index in [0.717, 1.165) is 22.4 Å². The second-order valence-electron chi connectivity index (χ2n) is 6.80. The third kappa shape index (κ3) is 3.55. The molecule has 0 spiro atoms. The summed E-state index contributed by atoms with van der Waals surface area (Å²) in [6, 6.07) is 17.7. The largest absolute Gasteiger partial charge is 0.462 e. The van der Waals surface area contributed by atoms with Crippen molar-refractivity contribution in [3.05, 3.63) is 88.3 Å². The van der Waals surface area contributed by atoms with Crippen molar-refractivity contribution in [1.29, 1.82) is 0 Å². The lowest BCUT2D eigenvalue weighted by molar-refractivity contribution is 0.0524. The van der Waals surface area contributed by atoms with Gasteiger partial charge in [0.05, 0.1) is 17.5 Å². The molecule has 6 heteroatoms. The van der Waals surface area contributed by atoms with Crippen LogP contribution in [0.1, 0.15) is 22.8 Å². The summed E-state index contributed by atoms with van der Waals surface area (Å²) < 4.78 is 4.96. The van der Waals surface area contributed by atoms with Crippen molar-refractivity contribution in [2.45, 2.75) is 13.8 Å². The van der Waals surface area contributed by atoms with Crippen LogP contribution in [0.2, 0.25) is 0 Å². The maximum absolute atomic E-state index is 12.8. The molecule has 0 saturated carbocycles. The summed E-state index contributed by atoms with van der Waals surface area (Å²) in [5, 5.41) is 3.70. The minimum absolute atomic E-state index is 0.0243. The fourth-order valence-corrected chi connectivity index (χ4v) is 3.44. The molecule has 6 nitrogen and oxygen atoms in total. The first-order chi connectivity index (χ1) is 14.6. The van der Waals surface area contributed by atoms with Crippen molar-refractivity contribution < 1.29 is 9.53 Å². The maximum atomic E-state index is 12.8. The van der Waals surface area contributed by atoms with Gasteiger partial charge in [0.2, 0.25) is 5.43 Å². The number of ether oxygens (including phenoxy) is 1. The number of hydrogen-bond acceptors (Lipinski definition) is 5. The van der Waals surface area contributed by atoms with Crippen molar-refractivity contribution >= 4 is 28.4 Å². The molecule has 2 N–H and O–H groups in total. The molecule has 0 radical (unpaired) electrons. The van der Waals surface area contributed by atoms with Crippen LogP contribution in [0.5, 0.6) is 0 Å². The van der Waals surface area contributed by atoms with Crippen LogP contribution < -0.4 is 10.7 Å². The molecular weight excluding hydrogens is 378 g/mol. The maximum Gasteiger partial charge on any atom is 0.343 e. The Morgan fingerprint density at radius 2 is 1.90 bits per heavy atom. The van der Waals surface area contributed by atoms with Crippen molar-refractivity contribution in [1.82, 2.24) is 9.97 Å². The summed E-state index contributed by atoms with van der Waals surface area (Å²) in [6.45, 7) is 3.94. The van der Waals surface area contributed by atoms with E-state index < -0.39 is 5.97 Å². The predicted octanol–water partition coefficient (Wildman–Crippen LogP) is 4.82. The highest BCUT2D eigenvalue weighted by atomic mass is 16.5. The molecule has 0 amide bonds. The van der Waals surface area contributed by atoms with E-state index in [2.05, 4.69) is 33.5 Å². The van der Waals surface area contributed by atoms with Crippen LogP contribution in [-0.2, 0) is 4.74 Å². The topological polar surface area (TPSA) is 84.1 Å². The van der Waals surface area contributed by atoms with Gasteiger partial charge in [0, 0.05) is 18.1 Å². The number of aromatic amines is 1. The Kier molecular flexibility index (Phi) is 5.30. The molecule has 0 atom stereocenters. The lowest BCUT2D eigenvalue weighted by Gasteiger charge is -2.14. The van der Waals surface area contributed by atoms with Crippen LogP contribution in [-0.4, -0.2) is 22.5 Å². The van der Waals surface area contributed by atoms with Gasteiger partial charge in [0.15, 0.2) is 5.82 Å². The van der Waals surface area contributed by atoms with Gasteiger partial charge >= 0.3 is 5.97 Å². The number of carbonyl (C=O) groups excluding carboxylic acids is 1. The lowest BCUT2D eigenvalue weighted by atomic mass is 9.99. The van der Waals surface area contributed by atoms with Crippen molar-refractivity contribution in [2.75, 3.05) is 11.9 Å². The molecule has 2 aromatic carbocycles. The molecule has 0 saturated heterocycles. The van der Waals surface area contributed by atoms with Crippen LogP contribution >= 0.6 is 0 Å². The number of pyridine rings is 2. The van der Waals surface area contributed by atoms with E-state index in [-0.39, 0.29) is 17.6 Å². The van der Waals surface area contributed by atoms with E-state index in [4.69, 9.17) is 4.74 Å². The highest BCUT2D eigenvalue weighted by Crippen LogP contribution is 2.31. The Labute approximate surface area is 173 Å². The number of nitrogens with zero attached hydrogens (tertiary/aromatic N) is 1. The van der Waals surface area contributed by atoms with E-state index in [1.807, 2.05) is 37.3 Å². The first-order valence-corrected chi connectivity index (χ1v) is 9.69. The van der Waals surface area contributed by atoms with E-state index in [0.29, 0.717) is 16.7 Å². The Hall–Kier alpha value is -3.93. The number of esters is 1. The monoisotopic (exact) mass is 399 g/mol. The smallest absolute Gasteiger partial charge is 0.343 e. The number of hydrogen-bond donors (Lipinski definition) is 2. The highest BCUT2D eigenvalue weighted by molar-refractivity contribution is 5.96. The molecular formula is C24H21N3O3. The van der Waals surface area contributed by atoms with E-state index in [1.54, 1.807) is 19.2 Å². The predicted molar refractivity (Wildman–Crippen MR) is 118 cm³/mol. The average Bonchev–Trinajstić information content (AvgIpc) is 2.76. The molecule has 4 rings (SSSR count). The molecule has 2 heterocycles. The van der Waals surface area contributed by atoms with Crippen LogP contribution in [0, 0.1) is 6.92 Å². The quantitative estimate of drug-likeness (QED) is 0.470. The minimum Gasteiger partial charge on any atom is -0.462 e. The van der Waals surface area contributed by atoms with Crippen molar-refractivity contribution in [3.8, 4) is 11.1 Å². The number of rotatable bonds is 5.